The van der Waals surface area contributed by atoms with Crippen LogP contribution < -0.4 is 20.7 Å². The number of sulfonamides is 1. The molecule has 15 nitrogen and oxygen atoms in total. The molecule has 2 aromatic carbocycles. The third-order valence-corrected chi connectivity index (χ3v) is 15.8. The second-order valence-corrected chi connectivity index (χ2v) is 20.3. The molecular weight excluding hydrogens is 846 g/mol. The number of hydrogen-bond acceptors (Lipinski definition) is 12. The molecule has 1 atom stereocenters. The predicted octanol–water partition coefficient (Wildman–Crippen LogP) is 5.91. The number of piperidine rings is 4. The molecule has 8 rings (SSSR count). The number of carbonyl (C=O) groups is 4. The van der Waals surface area contributed by atoms with Gasteiger partial charge >= 0.3 is 0 Å². The maximum atomic E-state index is 16.1. The number of benzene rings is 2. The van der Waals surface area contributed by atoms with Gasteiger partial charge in [0.1, 0.15) is 0 Å². The van der Waals surface area contributed by atoms with Crippen LogP contribution in [-0.2, 0) is 29.2 Å². The molecule has 6 heterocycles. The molecule has 0 spiro atoms. The highest BCUT2D eigenvalue weighted by atomic mass is 32.2. The highest BCUT2D eigenvalue weighted by molar-refractivity contribution is 7.92. The minimum Gasteiger partial charge on any atom is -0.371 e. The molecule has 2 aromatic heterocycles. The van der Waals surface area contributed by atoms with E-state index in [0.29, 0.717) is 87.4 Å². The predicted molar refractivity (Wildman–Crippen MR) is 240 cm³/mol. The van der Waals surface area contributed by atoms with Crippen molar-refractivity contribution in [1.29, 1.82) is 0 Å². The molecule has 0 aliphatic carbocycles. The van der Waals surface area contributed by atoms with Crippen LogP contribution in [0.2, 0.25) is 0 Å². The fraction of sp³-hybridized carbons (Fsp3) is 0.489. The summed E-state index contributed by atoms with van der Waals surface area (Å²) in [5, 5.41) is 3.20. The number of anilines is 3. The Hall–Kier alpha value is -5.49. The van der Waals surface area contributed by atoms with Crippen LogP contribution in [0.4, 0.5) is 21.7 Å². The zero-order valence-electron chi connectivity index (χ0n) is 35.6. The molecule has 63 heavy (non-hydrogen) atoms. The number of nitrogens with one attached hydrogen (secondary N) is 2. The summed E-state index contributed by atoms with van der Waals surface area (Å²) in [6.45, 7) is 7.40. The summed E-state index contributed by atoms with van der Waals surface area (Å²) in [6.07, 6.45) is 6.75. The Balaban J connectivity index is 0.860. The molecule has 4 aromatic rings. The van der Waals surface area contributed by atoms with Crippen LogP contribution in [0.15, 0.2) is 54.7 Å². The minimum atomic E-state index is -3.75. The van der Waals surface area contributed by atoms with E-state index in [2.05, 4.69) is 24.9 Å². The van der Waals surface area contributed by atoms with Crippen molar-refractivity contribution in [3.05, 3.63) is 71.1 Å². The number of hydrogen-bond donors (Lipinski definition) is 3. The first-order valence-corrected chi connectivity index (χ1v) is 24.3. The third-order valence-electron chi connectivity index (χ3n) is 13.1. The van der Waals surface area contributed by atoms with Gasteiger partial charge in [0.2, 0.25) is 39.6 Å². The van der Waals surface area contributed by atoms with Gasteiger partial charge in [-0.1, -0.05) is 32.0 Å². The van der Waals surface area contributed by atoms with Gasteiger partial charge in [-0.25, -0.2) is 27.8 Å². The van der Waals surface area contributed by atoms with Crippen LogP contribution in [0.3, 0.4) is 0 Å². The van der Waals surface area contributed by atoms with Gasteiger partial charge in [-0.2, -0.15) is 0 Å². The van der Waals surface area contributed by atoms with Crippen LogP contribution in [0, 0.1) is 17.2 Å². The average molecular weight is 900 g/mol. The molecular formula is C45H54FN9O6S2. The van der Waals surface area contributed by atoms with E-state index in [9.17, 15) is 27.6 Å². The van der Waals surface area contributed by atoms with Crippen LogP contribution in [0.1, 0.15) is 94.0 Å². The smallest absolute Gasteiger partial charge is 0.234 e. The van der Waals surface area contributed by atoms with Gasteiger partial charge in [-0.3, -0.25) is 29.2 Å². The van der Waals surface area contributed by atoms with E-state index in [1.807, 2.05) is 41.0 Å². The summed E-state index contributed by atoms with van der Waals surface area (Å²) in [5.41, 5.74) is 8.10. The van der Waals surface area contributed by atoms with Crippen molar-refractivity contribution in [2.45, 2.75) is 83.5 Å². The highest BCUT2D eigenvalue weighted by Gasteiger charge is 2.43. The number of nitrogens with two attached hydrogens (primary N) is 1. The molecule has 4 amide bonds. The van der Waals surface area contributed by atoms with Crippen LogP contribution in [0.25, 0.3) is 21.8 Å². The normalized spacial score (nSPS) is 20.1. The topological polar surface area (TPSA) is 201 Å². The quantitative estimate of drug-likeness (QED) is 0.151. The Kier molecular flexibility index (Phi) is 12.8. The van der Waals surface area contributed by atoms with Crippen molar-refractivity contribution in [2.24, 2.45) is 11.3 Å². The largest absolute Gasteiger partial charge is 0.371 e. The lowest BCUT2D eigenvalue weighted by molar-refractivity contribution is -0.149. The second kappa shape index (κ2) is 18.3. The van der Waals surface area contributed by atoms with Crippen molar-refractivity contribution in [2.75, 3.05) is 60.4 Å². The molecule has 4 aliphatic heterocycles. The number of rotatable bonds is 11. The van der Waals surface area contributed by atoms with Crippen molar-refractivity contribution >= 4 is 62.3 Å². The van der Waals surface area contributed by atoms with Gasteiger partial charge in [0.15, 0.2) is 5.82 Å². The van der Waals surface area contributed by atoms with Crippen molar-refractivity contribution in [3.63, 3.8) is 0 Å². The Morgan fingerprint density at radius 1 is 0.937 bits per heavy atom. The van der Waals surface area contributed by atoms with Gasteiger partial charge < -0.3 is 20.4 Å². The van der Waals surface area contributed by atoms with Crippen molar-refractivity contribution < 1.29 is 32.0 Å². The van der Waals surface area contributed by atoms with E-state index in [0.717, 1.165) is 42.2 Å². The number of imide groups is 1. The Labute approximate surface area is 371 Å². The molecule has 4 N–H and O–H groups in total. The summed E-state index contributed by atoms with van der Waals surface area (Å²) < 4.78 is 43.6. The van der Waals surface area contributed by atoms with E-state index in [4.69, 9.17) is 10.7 Å². The number of nitrogens with zero attached hydrogens (tertiary/aromatic N) is 6. The zero-order chi connectivity index (χ0) is 44.5. The molecule has 0 unspecified atom stereocenters. The summed E-state index contributed by atoms with van der Waals surface area (Å²) in [5.74, 6) is -1.42. The first kappa shape index (κ1) is 44.1. The maximum absolute atomic E-state index is 16.1. The molecule has 4 aliphatic rings. The second-order valence-electron chi connectivity index (χ2n) is 17.4. The molecule has 0 saturated carbocycles. The Morgan fingerprint density at radius 2 is 1.65 bits per heavy atom. The molecule has 0 bridgehead atoms. The SMILES string of the molecule is CCCS(=O)(=O)Nc1cccc(-c2nc(C3CCN(C(=O)C4(C)CCN(C(=O)C5CCN(c6ccc([C@H]7CCC(=O)NC7=O)cc6)CC5)CC4)CC3)sc2-c2ccnc(N)n2)c1F. The Bertz CT molecular complexity index is 2480. The van der Waals surface area contributed by atoms with E-state index in [-0.39, 0.29) is 64.3 Å². The van der Waals surface area contributed by atoms with Gasteiger partial charge in [0.25, 0.3) is 0 Å². The highest BCUT2D eigenvalue weighted by Crippen LogP contribution is 2.44. The fourth-order valence-electron chi connectivity index (χ4n) is 9.37. The van der Waals surface area contributed by atoms with E-state index in [1.54, 1.807) is 25.1 Å². The lowest BCUT2D eigenvalue weighted by atomic mass is 9.78. The van der Waals surface area contributed by atoms with E-state index >= 15 is 4.39 Å². The van der Waals surface area contributed by atoms with Crippen molar-refractivity contribution in [1.82, 2.24) is 30.1 Å². The number of halogens is 1. The van der Waals surface area contributed by atoms with Gasteiger partial charge in [-0.05, 0) is 87.3 Å². The van der Waals surface area contributed by atoms with E-state index in [1.165, 1.54) is 23.6 Å². The lowest BCUT2D eigenvalue weighted by Gasteiger charge is -2.44. The average Bonchev–Trinajstić information content (AvgIpc) is 3.72. The zero-order valence-corrected chi connectivity index (χ0v) is 37.3. The molecule has 0 radical (unpaired) electrons. The summed E-state index contributed by atoms with van der Waals surface area (Å²) in [4.78, 5) is 71.9. The molecule has 18 heteroatoms. The monoisotopic (exact) mass is 899 g/mol. The number of carbonyl (C=O) groups excluding carboxylic acids is 4. The van der Waals surface area contributed by atoms with E-state index < -0.39 is 21.3 Å². The number of likely N-dealkylation sites (tertiary alicyclic amines) is 2. The number of amides is 4. The first-order valence-electron chi connectivity index (χ1n) is 21.9. The first-order chi connectivity index (χ1) is 30.2. The summed E-state index contributed by atoms with van der Waals surface area (Å²) in [7, 11) is -3.75. The van der Waals surface area contributed by atoms with Crippen LogP contribution >= 0.6 is 11.3 Å². The number of thiazole rings is 1. The summed E-state index contributed by atoms with van der Waals surface area (Å²) >= 11 is 1.39. The van der Waals surface area contributed by atoms with Crippen LogP contribution in [-0.4, -0.2) is 102 Å². The fourth-order valence-corrected chi connectivity index (χ4v) is 11.7. The lowest BCUT2D eigenvalue weighted by Crippen LogP contribution is -2.52. The number of aromatic nitrogens is 3. The molecule has 334 valence electrons. The molecule has 4 saturated heterocycles. The third kappa shape index (κ3) is 9.56. The van der Waals surface area contributed by atoms with Crippen LogP contribution in [0.5, 0.6) is 0 Å². The van der Waals surface area contributed by atoms with Crippen molar-refractivity contribution in [3.8, 4) is 21.8 Å². The maximum Gasteiger partial charge on any atom is 0.234 e. The summed E-state index contributed by atoms with van der Waals surface area (Å²) in [6, 6.07) is 14.2. The van der Waals surface area contributed by atoms with Gasteiger partial charge in [0.05, 0.1) is 38.6 Å². The van der Waals surface area contributed by atoms with Gasteiger partial charge in [-0.15, -0.1) is 11.3 Å². The minimum absolute atomic E-state index is 0.00377. The Morgan fingerprint density at radius 3 is 2.32 bits per heavy atom. The van der Waals surface area contributed by atoms with Gasteiger partial charge in [0, 0.05) is 80.4 Å². The number of nitrogen functional groups attached to an aromatic ring is 1. The molecule has 4 fully saturated rings. The standard InChI is InChI=1S/C45H54FN9O6S2/c1-3-27-63(60,61)52-34-6-4-5-33(37(34)46)38-39(35-13-20-48-44(47)49-35)62-41(51-38)29-14-23-55(24-15-29)43(59)45(2)18-25-54(26-19-45)42(58)30-16-21-53(22-17-30)31-9-7-28(8-10-31)32-11-12-36(56)50-40(32)57/h4-10,13,20,29-30,32,52H,3,11-12,14-19,21-27H2,1-2H3,(H2,47,48,49)(H,50,56,57)/t32-/m1/s1.